The fourth-order valence-corrected chi connectivity index (χ4v) is 5.37. The molecule has 1 aliphatic heterocycles. The number of carbonyl (C=O) groups is 1. The smallest absolute Gasteiger partial charge is 0.231 e. The van der Waals surface area contributed by atoms with Crippen LogP contribution in [-0.4, -0.2) is 37.0 Å². The van der Waals surface area contributed by atoms with Crippen molar-refractivity contribution in [2.45, 2.75) is 37.9 Å². The standard InChI is InChI=1S/C20H24O5/c1-4-7-20-9-13(21)18(23-3)17(19(20)22)16(11(20)2)12-5-6-14-15(8-12)25-10-24-14/h4-6,8,11,16-19,22H,1,7,9-10H2,2-3H3. The second kappa shape index (κ2) is 5.85. The summed E-state index contributed by atoms with van der Waals surface area (Å²) in [5.74, 6) is 1.41. The second-order valence-electron chi connectivity index (χ2n) is 7.47. The first-order valence-electron chi connectivity index (χ1n) is 8.77. The number of fused-ring (bicyclic) bond motifs is 3. The Morgan fingerprint density at radius 2 is 2.16 bits per heavy atom. The summed E-state index contributed by atoms with van der Waals surface area (Å²) in [5.41, 5.74) is 0.586. The zero-order valence-electron chi connectivity index (χ0n) is 14.6. The molecule has 134 valence electrons. The van der Waals surface area contributed by atoms with Crippen LogP contribution in [0.2, 0.25) is 0 Å². The van der Waals surface area contributed by atoms with Crippen LogP contribution in [-0.2, 0) is 9.53 Å². The van der Waals surface area contributed by atoms with E-state index in [0.717, 1.165) is 17.1 Å². The molecule has 2 aliphatic carbocycles. The minimum Gasteiger partial charge on any atom is -0.454 e. The van der Waals surface area contributed by atoms with E-state index in [1.165, 1.54) is 0 Å². The van der Waals surface area contributed by atoms with Crippen molar-refractivity contribution in [1.29, 1.82) is 0 Å². The molecule has 0 spiro atoms. The molecule has 6 atom stereocenters. The van der Waals surface area contributed by atoms with Crippen LogP contribution in [0.5, 0.6) is 11.5 Å². The molecule has 5 heteroatoms. The minimum absolute atomic E-state index is 0.0147. The highest BCUT2D eigenvalue weighted by Crippen LogP contribution is 2.62. The molecule has 1 aromatic rings. The highest BCUT2D eigenvalue weighted by atomic mass is 16.7. The van der Waals surface area contributed by atoms with Gasteiger partial charge in [-0.1, -0.05) is 19.1 Å². The van der Waals surface area contributed by atoms with Crippen LogP contribution in [0.4, 0.5) is 0 Å². The van der Waals surface area contributed by atoms with Crippen LogP contribution in [0.25, 0.3) is 0 Å². The van der Waals surface area contributed by atoms with Gasteiger partial charge in [0.15, 0.2) is 17.3 Å². The first-order chi connectivity index (χ1) is 12.0. The Bertz CT molecular complexity index is 714. The van der Waals surface area contributed by atoms with Gasteiger partial charge in [-0.3, -0.25) is 4.79 Å². The SMILES string of the molecule is C=CCC12CC(=O)C(OC)C(C(c3ccc4c(c3)OCO4)C1C)C2O. The maximum absolute atomic E-state index is 12.7. The number of allylic oxidation sites excluding steroid dienone is 1. The van der Waals surface area contributed by atoms with Gasteiger partial charge in [0.2, 0.25) is 6.79 Å². The van der Waals surface area contributed by atoms with Gasteiger partial charge in [-0.05, 0) is 36.0 Å². The lowest BCUT2D eigenvalue weighted by Crippen LogP contribution is -2.50. The number of carbonyl (C=O) groups excluding carboxylic acids is 1. The fraction of sp³-hybridized carbons (Fsp3) is 0.550. The molecule has 2 bridgehead atoms. The summed E-state index contributed by atoms with van der Waals surface area (Å²) in [5, 5.41) is 11.2. The molecule has 5 nitrogen and oxygen atoms in total. The van der Waals surface area contributed by atoms with Crippen molar-refractivity contribution in [3.05, 3.63) is 36.4 Å². The van der Waals surface area contributed by atoms with Crippen LogP contribution in [0.3, 0.4) is 0 Å². The van der Waals surface area contributed by atoms with Crippen molar-refractivity contribution < 1.29 is 24.1 Å². The zero-order chi connectivity index (χ0) is 17.8. The summed E-state index contributed by atoms with van der Waals surface area (Å²) in [7, 11) is 1.55. The van der Waals surface area contributed by atoms with Crippen molar-refractivity contribution in [2.24, 2.45) is 17.3 Å². The number of ether oxygens (including phenoxy) is 3. The molecule has 0 aromatic heterocycles. The molecule has 2 saturated carbocycles. The second-order valence-corrected chi connectivity index (χ2v) is 7.47. The van der Waals surface area contributed by atoms with Crippen LogP contribution in [0, 0.1) is 17.3 Å². The summed E-state index contributed by atoms with van der Waals surface area (Å²) in [6.45, 7) is 6.21. The van der Waals surface area contributed by atoms with E-state index >= 15 is 0 Å². The Morgan fingerprint density at radius 3 is 2.88 bits per heavy atom. The first kappa shape index (κ1) is 16.6. The fourth-order valence-electron chi connectivity index (χ4n) is 5.37. The molecule has 2 fully saturated rings. The Morgan fingerprint density at radius 1 is 1.40 bits per heavy atom. The van der Waals surface area contributed by atoms with E-state index < -0.39 is 17.6 Å². The normalized spacial score (nSPS) is 38.8. The predicted molar refractivity (Wildman–Crippen MR) is 91.6 cm³/mol. The molecule has 1 aromatic carbocycles. The summed E-state index contributed by atoms with van der Waals surface area (Å²) < 4.78 is 16.5. The van der Waals surface area contributed by atoms with E-state index in [0.29, 0.717) is 12.8 Å². The lowest BCUT2D eigenvalue weighted by Gasteiger charge is -2.41. The number of Topliss-reactive ketones (excluding diaryl/α,β-unsaturated/α-hetero) is 1. The summed E-state index contributed by atoms with van der Waals surface area (Å²) in [6.07, 6.45) is 1.60. The predicted octanol–water partition coefficient (Wildman–Crippen LogP) is 2.68. The van der Waals surface area contributed by atoms with E-state index in [4.69, 9.17) is 14.2 Å². The molecule has 1 N–H and O–H groups in total. The molecular weight excluding hydrogens is 320 g/mol. The lowest BCUT2D eigenvalue weighted by atomic mass is 9.66. The zero-order valence-corrected chi connectivity index (χ0v) is 14.6. The van der Waals surface area contributed by atoms with Crippen molar-refractivity contribution >= 4 is 5.78 Å². The number of benzene rings is 1. The third-order valence-electron chi connectivity index (χ3n) is 6.54. The van der Waals surface area contributed by atoms with E-state index in [-0.39, 0.29) is 30.3 Å². The van der Waals surface area contributed by atoms with Crippen LogP contribution in [0.1, 0.15) is 31.2 Å². The average molecular weight is 344 g/mol. The van der Waals surface area contributed by atoms with Crippen LogP contribution < -0.4 is 9.47 Å². The molecule has 4 rings (SSSR count). The Hall–Kier alpha value is -1.85. The van der Waals surface area contributed by atoms with E-state index in [9.17, 15) is 9.90 Å². The number of aliphatic hydroxyl groups excluding tert-OH is 1. The van der Waals surface area contributed by atoms with E-state index in [1.807, 2.05) is 24.3 Å². The van der Waals surface area contributed by atoms with Crippen molar-refractivity contribution in [1.82, 2.24) is 0 Å². The monoisotopic (exact) mass is 344 g/mol. The highest BCUT2D eigenvalue weighted by molar-refractivity contribution is 5.86. The third kappa shape index (κ3) is 2.19. The Kier molecular flexibility index (Phi) is 3.89. The highest BCUT2D eigenvalue weighted by Gasteiger charge is 2.64. The maximum Gasteiger partial charge on any atom is 0.231 e. The minimum atomic E-state index is -0.599. The summed E-state index contributed by atoms with van der Waals surface area (Å²) in [6, 6.07) is 5.90. The molecule has 1 heterocycles. The quantitative estimate of drug-likeness (QED) is 0.851. The van der Waals surface area contributed by atoms with Gasteiger partial charge in [-0.25, -0.2) is 0 Å². The van der Waals surface area contributed by atoms with E-state index in [1.54, 1.807) is 7.11 Å². The largest absolute Gasteiger partial charge is 0.454 e. The Labute approximate surface area is 147 Å². The molecular formula is C20H24O5. The summed E-state index contributed by atoms with van der Waals surface area (Å²) >= 11 is 0. The average Bonchev–Trinajstić information content (AvgIpc) is 3.11. The van der Waals surface area contributed by atoms with Gasteiger partial charge in [-0.2, -0.15) is 0 Å². The van der Waals surface area contributed by atoms with Crippen LogP contribution >= 0.6 is 0 Å². The number of aliphatic hydroxyl groups is 1. The molecule has 0 amide bonds. The first-order valence-corrected chi connectivity index (χ1v) is 8.77. The lowest BCUT2D eigenvalue weighted by molar-refractivity contribution is -0.149. The molecule has 0 radical (unpaired) electrons. The van der Waals surface area contributed by atoms with Gasteiger partial charge in [0.1, 0.15) is 6.10 Å². The number of ketones is 1. The molecule has 6 unspecified atom stereocenters. The third-order valence-corrected chi connectivity index (χ3v) is 6.54. The van der Waals surface area contributed by atoms with Gasteiger partial charge >= 0.3 is 0 Å². The van der Waals surface area contributed by atoms with Gasteiger partial charge in [0, 0.05) is 24.9 Å². The van der Waals surface area contributed by atoms with Gasteiger partial charge < -0.3 is 19.3 Å². The van der Waals surface area contributed by atoms with Crippen molar-refractivity contribution in [3.8, 4) is 11.5 Å². The van der Waals surface area contributed by atoms with Gasteiger partial charge in [0.25, 0.3) is 0 Å². The van der Waals surface area contributed by atoms with Gasteiger partial charge in [0.05, 0.1) is 6.10 Å². The molecule has 25 heavy (non-hydrogen) atoms. The molecule has 0 saturated heterocycles. The number of methoxy groups -OCH3 is 1. The summed E-state index contributed by atoms with van der Waals surface area (Å²) in [4.78, 5) is 12.7. The number of hydrogen-bond acceptors (Lipinski definition) is 5. The topological polar surface area (TPSA) is 65.0 Å². The number of hydrogen-bond donors (Lipinski definition) is 1. The number of rotatable bonds is 4. The Balaban J connectivity index is 1.81. The van der Waals surface area contributed by atoms with Crippen molar-refractivity contribution in [2.75, 3.05) is 13.9 Å². The van der Waals surface area contributed by atoms with E-state index in [2.05, 4.69) is 13.5 Å². The molecule has 3 aliphatic rings. The maximum atomic E-state index is 12.7. The van der Waals surface area contributed by atoms with Crippen LogP contribution in [0.15, 0.2) is 30.9 Å². The van der Waals surface area contributed by atoms with Gasteiger partial charge in [-0.15, -0.1) is 6.58 Å². The van der Waals surface area contributed by atoms with Crippen molar-refractivity contribution in [3.63, 3.8) is 0 Å².